The Labute approximate surface area is 148 Å². The number of nitrogens with zero attached hydrogens (tertiary/aromatic N) is 2. The van der Waals surface area contributed by atoms with Crippen molar-refractivity contribution in [1.82, 2.24) is 4.90 Å². The molecule has 132 valence electrons. The molecule has 0 bridgehead atoms. The summed E-state index contributed by atoms with van der Waals surface area (Å²) in [5.74, 6) is -0.503. The predicted molar refractivity (Wildman–Crippen MR) is 98.6 cm³/mol. The number of aromatic carboxylic acids is 1. The van der Waals surface area contributed by atoms with Crippen LogP contribution < -0.4 is 9.64 Å². The average Bonchev–Trinajstić information content (AvgIpc) is 2.66. The quantitative estimate of drug-likeness (QED) is 0.786. The smallest absolute Gasteiger partial charge is 0.339 e. The highest BCUT2D eigenvalue weighted by molar-refractivity contribution is 5.90. The van der Waals surface area contributed by atoms with Crippen molar-refractivity contribution in [2.24, 2.45) is 0 Å². The second-order valence-electron chi connectivity index (χ2n) is 6.17. The third kappa shape index (κ3) is 4.73. The van der Waals surface area contributed by atoms with Gasteiger partial charge in [-0.3, -0.25) is 4.90 Å². The number of hydrogen-bond donors (Lipinski definition) is 1. The van der Waals surface area contributed by atoms with E-state index in [9.17, 15) is 4.79 Å². The van der Waals surface area contributed by atoms with Crippen LogP contribution in [0.3, 0.4) is 0 Å². The monoisotopic (exact) mass is 340 g/mol. The Kier molecular flexibility index (Phi) is 5.90. The summed E-state index contributed by atoms with van der Waals surface area (Å²) in [5, 5.41) is 9.15. The molecule has 5 heteroatoms. The summed E-state index contributed by atoms with van der Waals surface area (Å²) in [4.78, 5) is 16.0. The summed E-state index contributed by atoms with van der Waals surface area (Å²) in [6.07, 6.45) is 0.888. The highest BCUT2D eigenvalue weighted by Gasteiger charge is 2.16. The molecule has 1 heterocycles. The minimum atomic E-state index is -0.951. The molecule has 0 radical (unpaired) electrons. The number of carboxylic acids is 1. The van der Waals surface area contributed by atoms with E-state index in [4.69, 9.17) is 9.84 Å². The Morgan fingerprint density at radius 1 is 0.960 bits per heavy atom. The summed E-state index contributed by atoms with van der Waals surface area (Å²) >= 11 is 0. The number of benzene rings is 2. The molecule has 0 atom stereocenters. The molecule has 1 aliphatic rings. The second kappa shape index (κ2) is 8.53. The Bertz CT molecular complexity index is 682. The summed E-state index contributed by atoms with van der Waals surface area (Å²) in [5.41, 5.74) is 1.51. The molecule has 1 saturated heterocycles. The van der Waals surface area contributed by atoms with Gasteiger partial charge in [-0.2, -0.15) is 0 Å². The van der Waals surface area contributed by atoms with Gasteiger partial charge in [-0.05, 0) is 30.7 Å². The zero-order valence-electron chi connectivity index (χ0n) is 14.3. The van der Waals surface area contributed by atoms with Crippen molar-refractivity contribution in [3.63, 3.8) is 0 Å². The first-order valence-electron chi connectivity index (χ1n) is 8.71. The SMILES string of the molecule is O=C(O)c1ccccc1OCCCN1CCN(c2ccccc2)CC1. The molecular weight excluding hydrogens is 316 g/mol. The molecule has 1 N–H and O–H groups in total. The van der Waals surface area contributed by atoms with Gasteiger partial charge < -0.3 is 14.7 Å². The summed E-state index contributed by atoms with van der Waals surface area (Å²) in [6, 6.07) is 17.3. The number of carbonyl (C=O) groups is 1. The number of carboxylic acid groups (broad SMARTS) is 1. The predicted octanol–water partition coefficient (Wildman–Crippen LogP) is 2.98. The van der Waals surface area contributed by atoms with Gasteiger partial charge in [-0.15, -0.1) is 0 Å². The number of piperazine rings is 1. The fourth-order valence-electron chi connectivity index (χ4n) is 3.11. The number of ether oxygens (including phenoxy) is 1. The van der Waals surface area contributed by atoms with Crippen molar-refractivity contribution in [2.45, 2.75) is 6.42 Å². The Morgan fingerprint density at radius 3 is 2.36 bits per heavy atom. The normalized spacial score (nSPS) is 15.1. The van der Waals surface area contributed by atoms with Crippen LogP contribution in [0.25, 0.3) is 0 Å². The molecule has 0 aliphatic carbocycles. The number of para-hydroxylation sites is 2. The van der Waals surface area contributed by atoms with E-state index in [0.717, 1.165) is 39.1 Å². The van der Waals surface area contributed by atoms with Crippen LogP contribution in [0.2, 0.25) is 0 Å². The zero-order chi connectivity index (χ0) is 17.5. The van der Waals surface area contributed by atoms with E-state index >= 15 is 0 Å². The minimum Gasteiger partial charge on any atom is -0.493 e. The largest absolute Gasteiger partial charge is 0.493 e. The standard InChI is InChI=1S/C20H24N2O3/c23-20(24)18-9-4-5-10-19(18)25-16-6-11-21-12-14-22(15-13-21)17-7-2-1-3-8-17/h1-5,7-10H,6,11-16H2,(H,23,24). The van der Waals surface area contributed by atoms with Gasteiger partial charge in [0, 0.05) is 38.4 Å². The minimum absolute atomic E-state index is 0.221. The van der Waals surface area contributed by atoms with Crippen LogP contribution >= 0.6 is 0 Å². The molecule has 1 fully saturated rings. The maximum absolute atomic E-state index is 11.2. The summed E-state index contributed by atoms with van der Waals surface area (Å²) in [7, 11) is 0. The van der Waals surface area contributed by atoms with Crippen LogP contribution in [0.1, 0.15) is 16.8 Å². The van der Waals surface area contributed by atoms with Gasteiger partial charge >= 0.3 is 5.97 Å². The summed E-state index contributed by atoms with van der Waals surface area (Å²) in [6.45, 7) is 5.65. The lowest BCUT2D eigenvalue weighted by molar-refractivity contribution is 0.0692. The molecule has 25 heavy (non-hydrogen) atoms. The topological polar surface area (TPSA) is 53.0 Å². The molecule has 3 rings (SSSR count). The van der Waals surface area contributed by atoms with Crippen molar-refractivity contribution in [1.29, 1.82) is 0 Å². The van der Waals surface area contributed by atoms with Crippen LogP contribution in [0.15, 0.2) is 54.6 Å². The van der Waals surface area contributed by atoms with Gasteiger partial charge in [-0.25, -0.2) is 4.79 Å². The second-order valence-corrected chi connectivity index (χ2v) is 6.17. The van der Waals surface area contributed by atoms with Crippen LogP contribution in [0.5, 0.6) is 5.75 Å². The molecular formula is C20H24N2O3. The fraction of sp³-hybridized carbons (Fsp3) is 0.350. The van der Waals surface area contributed by atoms with Crippen LogP contribution in [0, 0.1) is 0 Å². The first-order valence-corrected chi connectivity index (χ1v) is 8.71. The van der Waals surface area contributed by atoms with E-state index < -0.39 is 5.97 Å². The molecule has 2 aromatic rings. The van der Waals surface area contributed by atoms with Gasteiger partial charge in [0.05, 0.1) is 6.61 Å². The van der Waals surface area contributed by atoms with Crippen molar-refractivity contribution < 1.29 is 14.6 Å². The highest BCUT2D eigenvalue weighted by Crippen LogP contribution is 2.18. The van der Waals surface area contributed by atoms with Crippen molar-refractivity contribution in [3.8, 4) is 5.75 Å². The lowest BCUT2D eigenvalue weighted by Gasteiger charge is -2.36. The summed E-state index contributed by atoms with van der Waals surface area (Å²) < 4.78 is 5.66. The third-order valence-corrected chi connectivity index (χ3v) is 4.49. The van der Waals surface area contributed by atoms with E-state index in [1.807, 2.05) is 6.07 Å². The maximum Gasteiger partial charge on any atom is 0.339 e. The van der Waals surface area contributed by atoms with Gasteiger partial charge in [0.25, 0.3) is 0 Å². The molecule has 0 saturated carbocycles. The van der Waals surface area contributed by atoms with Gasteiger partial charge in [0.1, 0.15) is 11.3 Å². The first-order chi connectivity index (χ1) is 12.2. The van der Waals surface area contributed by atoms with Crippen molar-refractivity contribution in [3.05, 3.63) is 60.2 Å². The molecule has 5 nitrogen and oxygen atoms in total. The number of anilines is 1. The highest BCUT2D eigenvalue weighted by atomic mass is 16.5. The fourth-order valence-corrected chi connectivity index (χ4v) is 3.11. The van der Waals surface area contributed by atoms with Crippen molar-refractivity contribution in [2.75, 3.05) is 44.2 Å². The molecule has 0 aromatic heterocycles. The Hall–Kier alpha value is -2.53. The van der Waals surface area contributed by atoms with E-state index in [0.29, 0.717) is 12.4 Å². The lowest BCUT2D eigenvalue weighted by Crippen LogP contribution is -2.46. The van der Waals surface area contributed by atoms with Gasteiger partial charge in [0.2, 0.25) is 0 Å². The van der Waals surface area contributed by atoms with Gasteiger partial charge in [-0.1, -0.05) is 30.3 Å². The molecule has 0 unspecified atom stereocenters. The average molecular weight is 340 g/mol. The van der Waals surface area contributed by atoms with Crippen LogP contribution in [-0.2, 0) is 0 Å². The maximum atomic E-state index is 11.2. The molecule has 1 aliphatic heterocycles. The van der Waals surface area contributed by atoms with Crippen molar-refractivity contribution >= 4 is 11.7 Å². The lowest BCUT2D eigenvalue weighted by atomic mass is 10.2. The van der Waals surface area contributed by atoms with Crippen LogP contribution in [0.4, 0.5) is 5.69 Å². The molecule has 0 amide bonds. The van der Waals surface area contributed by atoms with E-state index in [1.165, 1.54) is 5.69 Å². The van der Waals surface area contributed by atoms with E-state index in [1.54, 1.807) is 24.3 Å². The molecule has 2 aromatic carbocycles. The molecule has 0 spiro atoms. The van der Waals surface area contributed by atoms with Gasteiger partial charge in [0.15, 0.2) is 0 Å². The third-order valence-electron chi connectivity index (χ3n) is 4.49. The number of hydrogen-bond acceptors (Lipinski definition) is 4. The van der Waals surface area contributed by atoms with E-state index in [2.05, 4.69) is 34.1 Å². The Morgan fingerprint density at radius 2 is 1.64 bits per heavy atom. The zero-order valence-corrected chi connectivity index (χ0v) is 14.3. The first kappa shape index (κ1) is 17.3. The Balaban J connectivity index is 1.39. The number of rotatable bonds is 7. The van der Waals surface area contributed by atoms with Crippen LogP contribution in [-0.4, -0.2) is 55.3 Å². The van der Waals surface area contributed by atoms with E-state index in [-0.39, 0.29) is 5.56 Å².